The molecule has 1 N–H and O–H groups in total. The summed E-state index contributed by atoms with van der Waals surface area (Å²) in [6, 6.07) is 4.55. The van der Waals surface area contributed by atoms with Crippen LogP contribution in [0.15, 0.2) is 18.2 Å². The van der Waals surface area contributed by atoms with Crippen molar-refractivity contribution >= 4 is 17.6 Å². The molecule has 2 heterocycles. The fourth-order valence-corrected chi connectivity index (χ4v) is 3.04. The van der Waals surface area contributed by atoms with Gasteiger partial charge in [0.15, 0.2) is 0 Å². The molecule has 120 valence electrons. The molecule has 3 rings (SSSR count). The summed E-state index contributed by atoms with van der Waals surface area (Å²) in [6.07, 6.45) is 0. The molecule has 0 aromatic heterocycles. The van der Waals surface area contributed by atoms with Crippen LogP contribution in [0, 0.1) is 5.82 Å². The first-order valence-corrected chi connectivity index (χ1v) is 7.80. The lowest BCUT2D eigenvalue weighted by Crippen LogP contribution is -2.60. The average molecular weight is 328 g/mol. The molecule has 2 aliphatic rings. The number of piperazine rings is 1. The smallest absolute Gasteiger partial charge is 0.317 e. The number of carbonyl (C=O) groups is 1. The van der Waals surface area contributed by atoms with Gasteiger partial charge in [0.05, 0.1) is 19.3 Å². The highest BCUT2D eigenvalue weighted by Crippen LogP contribution is 2.16. The SMILES string of the molecule is O=C(NCc1ccc(Cl)cc1F)N1CCN2CCOCC2C1. The normalized spacial score (nSPS) is 22.3. The van der Waals surface area contributed by atoms with Crippen LogP contribution < -0.4 is 5.32 Å². The van der Waals surface area contributed by atoms with E-state index in [1.54, 1.807) is 17.0 Å². The van der Waals surface area contributed by atoms with E-state index in [0.717, 1.165) is 19.7 Å². The summed E-state index contributed by atoms with van der Waals surface area (Å²) < 4.78 is 19.2. The van der Waals surface area contributed by atoms with Crippen molar-refractivity contribution in [3.05, 3.63) is 34.6 Å². The molecule has 2 saturated heterocycles. The Labute approximate surface area is 134 Å². The summed E-state index contributed by atoms with van der Waals surface area (Å²) in [5, 5.41) is 3.12. The maximum absolute atomic E-state index is 13.7. The lowest BCUT2D eigenvalue weighted by molar-refractivity contribution is -0.0365. The van der Waals surface area contributed by atoms with Gasteiger partial charge in [0.25, 0.3) is 0 Å². The quantitative estimate of drug-likeness (QED) is 0.899. The van der Waals surface area contributed by atoms with E-state index in [1.165, 1.54) is 6.07 Å². The third kappa shape index (κ3) is 3.51. The molecule has 2 amide bonds. The molecule has 5 nitrogen and oxygen atoms in total. The van der Waals surface area contributed by atoms with E-state index in [2.05, 4.69) is 10.2 Å². The van der Waals surface area contributed by atoms with Gasteiger partial charge in [-0.1, -0.05) is 17.7 Å². The number of hydrogen-bond donors (Lipinski definition) is 1. The van der Waals surface area contributed by atoms with Crippen LogP contribution >= 0.6 is 11.6 Å². The standard InChI is InChI=1S/C15H19ClFN3O2/c16-12-2-1-11(14(17)7-12)8-18-15(21)20-4-3-19-5-6-22-10-13(19)9-20/h1-2,7,13H,3-6,8-10H2,(H,18,21). The van der Waals surface area contributed by atoms with Gasteiger partial charge in [0.2, 0.25) is 0 Å². The van der Waals surface area contributed by atoms with Crippen LogP contribution in [0.2, 0.25) is 5.02 Å². The Balaban J connectivity index is 1.53. The van der Waals surface area contributed by atoms with Gasteiger partial charge in [-0.3, -0.25) is 4.90 Å². The number of halogens is 2. The molecule has 7 heteroatoms. The van der Waals surface area contributed by atoms with Crippen LogP contribution in [0.3, 0.4) is 0 Å². The van der Waals surface area contributed by atoms with Crippen molar-refractivity contribution in [2.24, 2.45) is 0 Å². The molecule has 0 saturated carbocycles. The summed E-state index contributed by atoms with van der Waals surface area (Å²) in [6.45, 7) is 4.70. The second-order valence-electron chi connectivity index (χ2n) is 5.61. The molecule has 2 aliphatic heterocycles. The van der Waals surface area contributed by atoms with Crippen molar-refractivity contribution in [2.75, 3.05) is 39.4 Å². The Bertz CT molecular complexity index is 558. The van der Waals surface area contributed by atoms with Crippen molar-refractivity contribution < 1.29 is 13.9 Å². The highest BCUT2D eigenvalue weighted by Gasteiger charge is 2.31. The Hall–Kier alpha value is -1.37. The zero-order chi connectivity index (χ0) is 15.5. The van der Waals surface area contributed by atoms with Crippen LogP contribution in [0.5, 0.6) is 0 Å². The predicted octanol–water partition coefficient (Wildman–Crippen LogP) is 1.71. The van der Waals surface area contributed by atoms with E-state index in [-0.39, 0.29) is 18.6 Å². The van der Waals surface area contributed by atoms with Gasteiger partial charge in [-0.05, 0) is 12.1 Å². The van der Waals surface area contributed by atoms with Gasteiger partial charge >= 0.3 is 6.03 Å². The molecule has 1 aromatic rings. The third-order valence-electron chi connectivity index (χ3n) is 4.17. The number of nitrogens with one attached hydrogen (secondary N) is 1. The maximum atomic E-state index is 13.7. The topological polar surface area (TPSA) is 44.8 Å². The second-order valence-corrected chi connectivity index (χ2v) is 6.04. The molecule has 0 aliphatic carbocycles. The zero-order valence-corrected chi connectivity index (χ0v) is 13.0. The number of morpholine rings is 1. The van der Waals surface area contributed by atoms with E-state index in [0.29, 0.717) is 30.3 Å². The van der Waals surface area contributed by atoms with E-state index in [9.17, 15) is 9.18 Å². The second kappa shape index (κ2) is 6.81. The first-order valence-electron chi connectivity index (χ1n) is 7.42. The number of urea groups is 1. The molecule has 22 heavy (non-hydrogen) atoms. The number of fused-ring (bicyclic) bond motifs is 1. The van der Waals surface area contributed by atoms with Crippen molar-refractivity contribution in [3.8, 4) is 0 Å². The summed E-state index contributed by atoms with van der Waals surface area (Å²) in [5.74, 6) is -0.404. The summed E-state index contributed by atoms with van der Waals surface area (Å²) in [5.41, 5.74) is 0.428. The lowest BCUT2D eigenvalue weighted by Gasteiger charge is -2.43. The number of rotatable bonds is 2. The fourth-order valence-electron chi connectivity index (χ4n) is 2.88. The first kappa shape index (κ1) is 15.5. The Morgan fingerprint density at radius 2 is 2.27 bits per heavy atom. The maximum Gasteiger partial charge on any atom is 0.317 e. The molecule has 2 fully saturated rings. The highest BCUT2D eigenvalue weighted by atomic mass is 35.5. The summed E-state index contributed by atoms with van der Waals surface area (Å²) in [7, 11) is 0. The Kier molecular flexibility index (Phi) is 4.81. The minimum absolute atomic E-state index is 0.156. The van der Waals surface area contributed by atoms with Gasteiger partial charge in [0, 0.05) is 43.3 Å². The van der Waals surface area contributed by atoms with Gasteiger partial charge < -0.3 is 15.0 Å². The number of amides is 2. The van der Waals surface area contributed by atoms with Gasteiger partial charge in [0.1, 0.15) is 5.82 Å². The molecule has 1 aromatic carbocycles. The predicted molar refractivity (Wildman–Crippen MR) is 81.4 cm³/mol. The monoisotopic (exact) mass is 327 g/mol. The number of hydrogen-bond acceptors (Lipinski definition) is 3. The van der Waals surface area contributed by atoms with Gasteiger partial charge in [-0.25, -0.2) is 9.18 Å². The molecule has 0 spiro atoms. The van der Waals surface area contributed by atoms with Crippen molar-refractivity contribution in [2.45, 2.75) is 12.6 Å². The van der Waals surface area contributed by atoms with Gasteiger partial charge in [-0.2, -0.15) is 0 Å². The van der Waals surface area contributed by atoms with Gasteiger partial charge in [-0.15, -0.1) is 0 Å². The molecular weight excluding hydrogens is 309 g/mol. The fraction of sp³-hybridized carbons (Fsp3) is 0.533. The summed E-state index contributed by atoms with van der Waals surface area (Å²) >= 11 is 5.71. The summed E-state index contributed by atoms with van der Waals surface area (Å²) in [4.78, 5) is 16.4. The average Bonchev–Trinajstić information content (AvgIpc) is 2.53. The van der Waals surface area contributed by atoms with E-state index in [4.69, 9.17) is 16.3 Å². The third-order valence-corrected chi connectivity index (χ3v) is 4.41. The van der Waals surface area contributed by atoms with E-state index >= 15 is 0 Å². The molecular formula is C15H19ClFN3O2. The zero-order valence-electron chi connectivity index (χ0n) is 12.2. The minimum Gasteiger partial charge on any atom is -0.378 e. The van der Waals surface area contributed by atoms with Crippen LogP contribution in [0.4, 0.5) is 9.18 Å². The van der Waals surface area contributed by atoms with Crippen LogP contribution in [0.1, 0.15) is 5.56 Å². The first-order chi connectivity index (χ1) is 10.6. The van der Waals surface area contributed by atoms with Crippen LogP contribution in [-0.4, -0.2) is 61.3 Å². The molecule has 0 bridgehead atoms. The van der Waals surface area contributed by atoms with E-state index in [1.807, 2.05) is 0 Å². The number of ether oxygens (including phenoxy) is 1. The van der Waals surface area contributed by atoms with Crippen LogP contribution in [-0.2, 0) is 11.3 Å². The highest BCUT2D eigenvalue weighted by molar-refractivity contribution is 6.30. The van der Waals surface area contributed by atoms with Crippen molar-refractivity contribution in [1.29, 1.82) is 0 Å². The molecule has 0 radical (unpaired) electrons. The Morgan fingerprint density at radius 1 is 1.41 bits per heavy atom. The van der Waals surface area contributed by atoms with E-state index < -0.39 is 5.82 Å². The molecule has 1 unspecified atom stereocenters. The largest absolute Gasteiger partial charge is 0.378 e. The number of carbonyl (C=O) groups excluding carboxylic acids is 1. The minimum atomic E-state index is -0.404. The van der Waals surface area contributed by atoms with Crippen LogP contribution in [0.25, 0.3) is 0 Å². The van der Waals surface area contributed by atoms with Crippen molar-refractivity contribution in [1.82, 2.24) is 15.1 Å². The molecule has 1 atom stereocenters. The Morgan fingerprint density at radius 3 is 3.09 bits per heavy atom. The number of benzene rings is 1. The lowest BCUT2D eigenvalue weighted by atomic mass is 10.1. The number of nitrogens with zero attached hydrogens (tertiary/aromatic N) is 2. The van der Waals surface area contributed by atoms with Crippen molar-refractivity contribution in [3.63, 3.8) is 0 Å².